The van der Waals surface area contributed by atoms with E-state index in [0.717, 1.165) is 0 Å². The van der Waals surface area contributed by atoms with Crippen molar-refractivity contribution in [1.29, 1.82) is 0 Å². The average Bonchev–Trinajstić information content (AvgIpc) is 1.90. The van der Waals surface area contributed by atoms with Gasteiger partial charge in [0.05, 0.1) is 0 Å². The summed E-state index contributed by atoms with van der Waals surface area (Å²) in [6.45, 7) is 0. The number of rotatable bonds is 0. The molecule has 3 nitrogen and oxygen atoms in total. The zero-order valence-electron chi connectivity index (χ0n) is 7.75. The van der Waals surface area contributed by atoms with Gasteiger partial charge in [-0.2, -0.15) is 0 Å². The summed E-state index contributed by atoms with van der Waals surface area (Å²) in [5, 5.41) is 0. The van der Waals surface area contributed by atoms with Gasteiger partial charge in [-0.25, -0.2) is 9.97 Å². The fraction of sp³-hybridized carbons (Fsp3) is 0.333. The molecule has 0 bridgehead atoms. The smallest absolute Gasteiger partial charge is 1.00 e. The van der Waals surface area contributed by atoms with E-state index in [4.69, 9.17) is 0 Å². The minimum atomic E-state index is -0.611. The first-order valence-corrected chi connectivity index (χ1v) is 4.65. The molecule has 0 aliphatic heterocycles. The van der Waals surface area contributed by atoms with Gasteiger partial charge in [0.15, 0.2) is 0 Å². The summed E-state index contributed by atoms with van der Waals surface area (Å²) in [7, 11) is -0.611. The molecule has 1 aromatic heterocycles. The number of aromatic nitrogens is 2. The molecule has 0 unspecified atom stereocenters. The van der Waals surface area contributed by atoms with Crippen LogP contribution in [0.15, 0.2) is 24.8 Å². The summed E-state index contributed by atoms with van der Waals surface area (Å²) in [6, 6.07) is 1.78. The summed E-state index contributed by atoms with van der Waals surface area (Å²) in [5.74, 6) is 0. The first kappa shape index (κ1) is 23.7. The summed E-state index contributed by atoms with van der Waals surface area (Å²) < 4.78 is 9.56. The molecule has 72 valence electrons. The third kappa shape index (κ3) is 32.0. The van der Waals surface area contributed by atoms with Crippen LogP contribution in [0.4, 0.5) is 0 Å². The molecule has 0 fully saturated rings. The molecule has 0 spiro atoms. The van der Waals surface area contributed by atoms with E-state index in [1.807, 2.05) is 0 Å². The van der Waals surface area contributed by atoms with E-state index in [1.165, 1.54) is 6.33 Å². The van der Waals surface area contributed by atoms with Gasteiger partial charge in [0.25, 0.3) is 0 Å². The van der Waals surface area contributed by atoms with Gasteiger partial charge in [-0.1, -0.05) is 0 Å². The monoisotopic (exact) mass is 318 g/mol. The fourth-order valence-corrected chi connectivity index (χ4v) is 0.253. The predicted octanol–water partition coefficient (Wildman–Crippen LogP) is -5.52. The van der Waals surface area contributed by atoms with Crippen LogP contribution in [0.1, 0.15) is 0 Å². The van der Waals surface area contributed by atoms with Gasteiger partial charge in [-0.05, 0) is 6.07 Å². The van der Waals surface area contributed by atoms with Crippen molar-refractivity contribution in [2.45, 2.75) is 0 Å². The van der Waals surface area contributed by atoms with Crippen LogP contribution in [-0.4, -0.2) is 26.7 Å². The summed E-state index contributed by atoms with van der Waals surface area (Å²) in [6.07, 6.45) is 8.15. The third-order valence-corrected chi connectivity index (χ3v) is 0.478. The fourth-order valence-electron chi connectivity index (χ4n) is 0.253. The van der Waals surface area contributed by atoms with Crippen molar-refractivity contribution in [3.8, 4) is 0 Å². The third-order valence-electron chi connectivity index (χ3n) is 0.478. The van der Waals surface area contributed by atoms with Crippen molar-refractivity contribution in [2.24, 2.45) is 0 Å². The number of hydrogen-bond donors (Lipinski definition) is 0. The van der Waals surface area contributed by atoms with E-state index in [2.05, 4.69) is 9.97 Å². The van der Waals surface area contributed by atoms with Crippen LogP contribution in [0.25, 0.3) is 0 Å². The molecule has 0 saturated carbocycles. The molecule has 0 amide bonds. The molecule has 0 aromatic carbocycles. The molecule has 1 heterocycles. The van der Waals surface area contributed by atoms with Gasteiger partial charge in [-0.3, -0.25) is 4.21 Å². The minimum Gasteiger partial charge on any atom is -1.00 e. The van der Waals surface area contributed by atoms with Crippen LogP contribution in [0.5, 0.6) is 0 Å². The molecular weight excluding hydrogens is 308 g/mol. The minimum absolute atomic E-state index is 0. The Morgan fingerprint density at radius 1 is 1.15 bits per heavy atom. The molecule has 0 aliphatic rings. The van der Waals surface area contributed by atoms with Crippen molar-refractivity contribution in [1.82, 2.24) is 9.97 Å². The van der Waals surface area contributed by atoms with E-state index in [-0.39, 0.29) is 61.4 Å². The molecule has 0 atom stereocenters. The Morgan fingerprint density at radius 3 is 1.54 bits per heavy atom. The maximum atomic E-state index is 9.56. The molecule has 0 radical (unpaired) electrons. The normalized spacial score (nSPS) is 6.38. The van der Waals surface area contributed by atoms with Crippen LogP contribution in [-0.2, 0) is 30.3 Å². The maximum Gasteiger partial charge on any atom is 1.00 e. The molecule has 1 aromatic rings. The second-order valence-corrected chi connectivity index (χ2v) is 3.13. The Bertz CT molecular complexity index is 163. The summed E-state index contributed by atoms with van der Waals surface area (Å²) in [5.41, 5.74) is 0. The Labute approximate surface area is 122 Å². The van der Waals surface area contributed by atoms with Crippen LogP contribution >= 0.6 is 0 Å². The van der Waals surface area contributed by atoms with E-state index in [0.29, 0.717) is 0 Å². The van der Waals surface area contributed by atoms with Gasteiger partial charge < -0.3 is 12.4 Å². The second kappa shape index (κ2) is 18.8. The Morgan fingerprint density at radius 2 is 1.46 bits per heavy atom. The molecular formula is C6H10ClN2NaORuS. The van der Waals surface area contributed by atoms with Gasteiger partial charge >= 0.3 is 29.6 Å². The SMILES string of the molecule is CS(C)=O.[Cl-].[Na+].[Ru].c1cncnc1. The van der Waals surface area contributed by atoms with E-state index in [9.17, 15) is 4.21 Å². The molecule has 0 saturated heterocycles. The van der Waals surface area contributed by atoms with Crippen LogP contribution < -0.4 is 42.0 Å². The van der Waals surface area contributed by atoms with Crippen molar-refractivity contribution < 1.29 is 65.7 Å². The maximum absolute atomic E-state index is 9.56. The first-order valence-electron chi connectivity index (χ1n) is 2.68. The molecule has 13 heavy (non-hydrogen) atoms. The van der Waals surface area contributed by atoms with Crippen molar-refractivity contribution >= 4 is 10.8 Å². The topological polar surface area (TPSA) is 42.9 Å². The van der Waals surface area contributed by atoms with Crippen LogP contribution in [0.2, 0.25) is 0 Å². The van der Waals surface area contributed by atoms with Crippen molar-refractivity contribution in [3.05, 3.63) is 24.8 Å². The van der Waals surface area contributed by atoms with Crippen LogP contribution in [0.3, 0.4) is 0 Å². The number of halogens is 1. The first-order chi connectivity index (χ1) is 4.73. The Hall–Kier alpha value is 1.14. The second-order valence-electron chi connectivity index (χ2n) is 1.65. The van der Waals surface area contributed by atoms with Gasteiger partial charge in [-0.15, -0.1) is 0 Å². The van der Waals surface area contributed by atoms with Crippen LogP contribution in [0, 0.1) is 0 Å². The van der Waals surface area contributed by atoms with Gasteiger partial charge in [0, 0.05) is 55.2 Å². The van der Waals surface area contributed by atoms with Crippen molar-refractivity contribution in [2.75, 3.05) is 12.5 Å². The molecule has 0 aliphatic carbocycles. The zero-order chi connectivity index (χ0) is 7.82. The van der Waals surface area contributed by atoms with Gasteiger partial charge in [0.2, 0.25) is 0 Å². The number of nitrogens with zero attached hydrogens (tertiary/aromatic N) is 2. The van der Waals surface area contributed by atoms with E-state index in [1.54, 1.807) is 31.0 Å². The molecule has 7 heteroatoms. The summed E-state index contributed by atoms with van der Waals surface area (Å²) >= 11 is 0. The standard InChI is InChI=1S/C4H4N2.C2H6OS.ClH.Na.Ru/c1-2-5-4-6-3-1;1-4(2)3;;;/h1-4H;1-2H3;1H;;/q;;;+1;/p-1. The molecule has 0 N–H and O–H groups in total. The zero-order valence-corrected chi connectivity index (χ0v) is 13.1. The average molecular weight is 318 g/mol. The summed E-state index contributed by atoms with van der Waals surface area (Å²) in [4.78, 5) is 7.35. The predicted molar refractivity (Wildman–Crippen MR) is 42.0 cm³/mol. The van der Waals surface area contributed by atoms with E-state index < -0.39 is 10.8 Å². The Balaban J connectivity index is -0.0000000536. The number of hydrogen-bond acceptors (Lipinski definition) is 3. The van der Waals surface area contributed by atoms with Gasteiger partial charge in [0.1, 0.15) is 6.33 Å². The Kier molecular flexibility index (Phi) is 34.4. The molecule has 1 rings (SSSR count). The van der Waals surface area contributed by atoms with Crippen molar-refractivity contribution in [3.63, 3.8) is 0 Å². The largest absolute Gasteiger partial charge is 1.00 e. The quantitative estimate of drug-likeness (QED) is 0.448. The van der Waals surface area contributed by atoms with E-state index >= 15 is 0 Å².